The van der Waals surface area contributed by atoms with Gasteiger partial charge < -0.3 is 24.9 Å². The Kier molecular flexibility index (Phi) is 4.36. The maximum Gasteiger partial charge on any atom is 0.203 e. The summed E-state index contributed by atoms with van der Waals surface area (Å²) in [6.45, 7) is 2.03. The molecule has 0 saturated heterocycles. The van der Waals surface area contributed by atoms with Crippen LogP contribution in [0.25, 0.3) is 10.9 Å². The fraction of sp³-hybridized carbons (Fsp3) is 0.263. The molecule has 3 rings (SSSR count). The van der Waals surface area contributed by atoms with Crippen LogP contribution in [0.2, 0.25) is 0 Å². The Labute approximate surface area is 141 Å². The van der Waals surface area contributed by atoms with E-state index in [1.807, 2.05) is 37.3 Å². The van der Waals surface area contributed by atoms with Gasteiger partial charge in [0.25, 0.3) is 0 Å². The SMILES string of the molecule is COc1cc(C(N)c2c(C)[nH]c3ccccc23)cc(OC)c1OC. The van der Waals surface area contributed by atoms with Gasteiger partial charge in [-0.05, 0) is 30.7 Å². The second kappa shape index (κ2) is 6.45. The molecule has 0 bridgehead atoms. The van der Waals surface area contributed by atoms with Gasteiger partial charge >= 0.3 is 0 Å². The van der Waals surface area contributed by atoms with E-state index in [1.54, 1.807) is 21.3 Å². The molecule has 5 nitrogen and oxygen atoms in total. The molecule has 1 atom stereocenters. The van der Waals surface area contributed by atoms with Crippen molar-refractivity contribution in [3.05, 3.63) is 53.2 Å². The van der Waals surface area contributed by atoms with Crippen LogP contribution in [-0.4, -0.2) is 26.3 Å². The monoisotopic (exact) mass is 326 g/mol. The van der Waals surface area contributed by atoms with Gasteiger partial charge in [-0.2, -0.15) is 0 Å². The Morgan fingerprint density at radius 2 is 1.58 bits per heavy atom. The van der Waals surface area contributed by atoms with Crippen molar-refractivity contribution in [1.82, 2.24) is 4.98 Å². The number of H-pyrrole nitrogens is 1. The van der Waals surface area contributed by atoms with E-state index in [1.165, 1.54) is 0 Å². The van der Waals surface area contributed by atoms with Gasteiger partial charge in [0.05, 0.1) is 27.4 Å². The van der Waals surface area contributed by atoms with Gasteiger partial charge in [-0.15, -0.1) is 0 Å². The number of rotatable bonds is 5. The van der Waals surface area contributed by atoms with Crippen LogP contribution < -0.4 is 19.9 Å². The molecule has 0 aliphatic carbocycles. The van der Waals surface area contributed by atoms with Gasteiger partial charge in [0.15, 0.2) is 11.5 Å². The van der Waals surface area contributed by atoms with Crippen LogP contribution in [0, 0.1) is 6.92 Å². The molecule has 3 N–H and O–H groups in total. The number of para-hydroxylation sites is 1. The molecule has 126 valence electrons. The molecule has 0 aliphatic rings. The molecule has 0 radical (unpaired) electrons. The van der Waals surface area contributed by atoms with E-state index in [2.05, 4.69) is 11.1 Å². The molecular formula is C19H22N2O3. The number of hydrogen-bond donors (Lipinski definition) is 2. The maximum atomic E-state index is 6.59. The van der Waals surface area contributed by atoms with Crippen LogP contribution in [-0.2, 0) is 0 Å². The number of aryl methyl sites for hydroxylation is 1. The summed E-state index contributed by atoms with van der Waals surface area (Å²) >= 11 is 0. The quantitative estimate of drug-likeness (QED) is 0.752. The fourth-order valence-corrected chi connectivity index (χ4v) is 3.15. The average Bonchev–Trinajstić information content (AvgIpc) is 2.95. The minimum Gasteiger partial charge on any atom is -0.493 e. The zero-order valence-electron chi connectivity index (χ0n) is 14.3. The topological polar surface area (TPSA) is 69.5 Å². The molecule has 2 aromatic carbocycles. The number of aromatic amines is 1. The molecule has 5 heteroatoms. The van der Waals surface area contributed by atoms with Crippen molar-refractivity contribution in [1.29, 1.82) is 0 Å². The lowest BCUT2D eigenvalue weighted by Crippen LogP contribution is -2.13. The first kappa shape index (κ1) is 16.2. The van der Waals surface area contributed by atoms with Crippen molar-refractivity contribution in [2.45, 2.75) is 13.0 Å². The molecular weight excluding hydrogens is 304 g/mol. The number of benzene rings is 2. The van der Waals surface area contributed by atoms with Gasteiger partial charge in [-0.1, -0.05) is 18.2 Å². The Morgan fingerprint density at radius 3 is 2.17 bits per heavy atom. The minimum absolute atomic E-state index is 0.310. The third-order valence-electron chi connectivity index (χ3n) is 4.30. The fourth-order valence-electron chi connectivity index (χ4n) is 3.15. The Balaban J connectivity index is 2.15. The lowest BCUT2D eigenvalue weighted by molar-refractivity contribution is 0.323. The Morgan fingerprint density at radius 1 is 0.958 bits per heavy atom. The zero-order chi connectivity index (χ0) is 17.3. The first-order valence-corrected chi connectivity index (χ1v) is 7.73. The van der Waals surface area contributed by atoms with E-state index < -0.39 is 0 Å². The average molecular weight is 326 g/mol. The molecule has 24 heavy (non-hydrogen) atoms. The van der Waals surface area contributed by atoms with Gasteiger partial charge in [-0.25, -0.2) is 0 Å². The van der Waals surface area contributed by atoms with Crippen LogP contribution in [0.5, 0.6) is 17.2 Å². The van der Waals surface area contributed by atoms with E-state index >= 15 is 0 Å². The number of aromatic nitrogens is 1. The number of fused-ring (bicyclic) bond motifs is 1. The minimum atomic E-state index is -0.310. The summed E-state index contributed by atoms with van der Waals surface area (Å²) in [5.74, 6) is 1.76. The predicted molar refractivity (Wildman–Crippen MR) is 95.2 cm³/mol. The van der Waals surface area contributed by atoms with Crippen molar-refractivity contribution < 1.29 is 14.2 Å². The van der Waals surface area contributed by atoms with E-state index in [0.29, 0.717) is 17.2 Å². The van der Waals surface area contributed by atoms with Crippen LogP contribution in [0.4, 0.5) is 0 Å². The van der Waals surface area contributed by atoms with Crippen molar-refractivity contribution in [2.24, 2.45) is 5.73 Å². The number of nitrogens with one attached hydrogen (secondary N) is 1. The van der Waals surface area contributed by atoms with Gasteiger partial charge in [0.2, 0.25) is 5.75 Å². The maximum absolute atomic E-state index is 6.59. The first-order chi connectivity index (χ1) is 11.6. The van der Waals surface area contributed by atoms with Crippen molar-refractivity contribution in [2.75, 3.05) is 21.3 Å². The van der Waals surface area contributed by atoms with Crippen molar-refractivity contribution in [3.8, 4) is 17.2 Å². The Hall–Kier alpha value is -2.66. The third-order valence-corrected chi connectivity index (χ3v) is 4.30. The summed E-state index contributed by atoms with van der Waals surface area (Å²) in [5, 5.41) is 1.12. The highest BCUT2D eigenvalue weighted by Crippen LogP contribution is 2.41. The predicted octanol–water partition coefficient (Wildman–Crippen LogP) is 3.55. The first-order valence-electron chi connectivity index (χ1n) is 7.73. The third kappa shape index (κ3) is 2.57. The molecule has 0 spiro atoms. The van der Waals surface area contributed by atoms with Crippen LogP contribution in [0.15, 0.2) is 36.4 Å². The lowest BCUT2D eigenvalue weighted by atomic mass is 9.96. The molecule has 0 saturated carbocycles. The highest BCUT2D eigenvalue weighted by atomic mass is 16.5. The van der Waals surface area contributed by atoms with E-state index in [9.17, 15) is 0 Å². The summed E-state index contributed by atoms with van der Waals surface area (Å²) in [6.07, 6.45) is 0. The molecule has 1 aromatic heterocycles. The highest BCUT2D eigenvalue weighted by molar-refractivity contribution is 5.85. The molecule has 0 aliphatic heterocycles. The number of hydrogen-bond acceptors (Lipinski definition) is 4. The second-order valence-corrected chi connectivity index (χ2v) is 5.65. The zero-order valence-corrected chi connectivity index (χ0v) is 14.3. The Bertz CT molecular complexity index is 845. The number of methoxy groups -OCH3 is 3. The van der Waals surface area contributed by atoms with Gasteiger partial charge in [0.1, 0.15) is 0 Å². The summed E-state index contributed by atoms with van der Waals surface area (Å²) in [5.41, 5.74) is 10.7. The van der Waals surface area contributed by atoms with Gasteiger partial charge in [-0.3, -0.25) is 0 Å². The summed E-state index contributed by atoms with van der Waals surface area (Å²) in [4.78, 5) is 3.39. The normalized spacial score (nSPS) is 12.2. The van der Waals surface area contributed by atoms with Gasteiger partial charge in [0, 0.05) is 22.2 Å². The summed E-state index contributed by atoms with van der Waals surface area (Å²) < 4.78 is 16.3. The van der Waals surface area contributed by atoms with E-state index in [-0.39, 0.29) is 6.04 Å². The standard InChI is InChI=1S/C19H22N2O3/c1-11-17(13-7-5-6-8-14(13)21-11)18(20)12-9-15(22-2)19(24-4)16(10-12)23-3/h5-10,18,21H,20H2,1-4H3. The summed E-state index contributed by atoms with van der Waals surface area (Å²) in [6, 6.07) is 11.6. The molecule has 0 fully saturated rings. The second-order valence-electron chi connectivity index (χ2n) is 5.65. The van der Waals surface area contributed by atoms with Crippen molar-refractivity contribution >= 4 is 10.9 Å². The molecule has 1 unspecified atom stereocenters. The summed E-state index contributed by atoms with van der Waals surface area (Å²) in [7, 11) is 4.79. The molecule has 1 heterocycles. The largest absolute Gasteiger partial charge is 0.493 e. The van der Waals surface area contributed by atoms with Crippen LogP contribution in [0.1, 0.15) is 22.9 Å². The van der Waals surface area contributed by atoms with Crippen LogP contribution in [0.3, 0.4) is 0 Å². The molecule has 3 aromatic rings. The number of ether oxygens (including phenoxy) is 3. The van der Waals surface area contributed by atoms with Crippen LogP contribution >= 0.6 is 0 Å². The highest BCUT2D eigenvalue weighted by Gasteiger charge is 2.21. The van der Waals surface area contributed by atoms with Crippen molar-refractivity contribution in [3.63, 3.8) is 0 Å². The number of nitrogens with two attached hydrogens (primary N) is 1. The van der Waals surface area contributed by atoms with E-state index in [0.717, 1.165) is 27.7 Å². The lowest BCUT2D eigenvalue weighted by Gasteiger charge is -2.18. The smallest absolute Gasteiger partial charge is 0.203 e. The molecule has 0 amide bonds. The van der Waals surface area contributed by atoms with E-state index in [4.69, 9.17) is 19.9 Å².